The first-order valence-corrected chi connectivity index (χ1v) is 8.28. The van der Waals surface area contributed by atoms with Crippen molar-refractivity contribution in [3.63, 3.8) is 0 Å². The summed E-state index contributed by atoms with van der Waals surface area (Å²) in [5, 5.41) is 4.00. The number of nitrogens with one attached hydrogen (secondary N) is 1. The SMILES string of the molecule is CC(C)=NNC(=O)Cc1c(-c2ccc(C)cc2)nc2ccc(C)cn12. The van der Waals surface area contributed by atoms with Gasteiger partial charge >= 0.3 is 0 Å². The van der Waals surface area contributed by atoms with E-state index in [4.69, 9.17) is 4.98 Å². The third-order valence-electron chi connectivity index (χ3n) is 3.92. The highest BCUT2D eigenvalue weighted by atomic mass is 16.2. The molecule has 0 radical (unpaired) electrons. The minimum atomic E-state index is -0.155. The molecule has 2 heterocycles. The maximum atomic E-state index is 12.3. The lowest BCUT2D eigenvalue weighted by Crippen LogP contribution is -2.21. The average molecular weight is 334 g/mol. The lowest BCUT2D eigenvalue weighted by molar-refractivity contribution is -0.120. The number of hydrazone groups is 1. The van der Waals surface area contributed by atoms with Crippen molar-refractivity contribution in [1.82, 2.24) is 14.8 Å². The number of benzene rings is 1. The summed E-state index contributed by atoms with van der Waals surface area (Å²) < 4.78 is 1.99. The predicted octanol–water partition coefficient (Wildman–Crippen LogP) is 3.67. The number of amides is 1. The number of rotatable bonds is 4. The molecule has 5 heteroatoms. The fourth-order valence-corrected chi connectivity index (χ4v) is 2.68. The van der Waals surface area contributed by atoms with Crippen LogP contribution in [0.15, 0.2) is 47.7 Å². The molecule has 1 aromatic carbocycles. The van der Waals surface area contributed by atoms with E-state index in [-0.39, 0.29) is 12.3 Å². The smallest absolute Gasteiger partial charge is 0.246 e. The van der Waals surface area contributed by atoms with Gasteiger partial charge < -0.3 is 4.40 Å². The van der Waals surface area contributed by atoms with Crippen molar-refractivity contribution in [2.24, 2.45) is 5.10 Å². The van der Waals surface area contributed by atoms with E-state index in [1.165, 1.54) is 5.56 Å². The van der Waals surface area contributed by atoms with Crippen molar-refractivity contribution in [2.75, 3.05) is 0 Å². The molecule has 3 rings (SSSR count). The summed E-state index contributed by atoms with van der Waals surface area (Å²) in [6.07, 6.45) is 2.22. The van der Waals surface area contributed by atoms with Crippen molar-refractivity contribution in [3.8, 4) is 11.3 Å². The zero-order valence-corrected chi connectivity index (χ0v) is 15.0. The summed E-state index contributed by atoms with van der Waals surface area (Å²) in [7, 11) is 0. The Balaban J connectivity index is 2.08. The fraction of sp³-hybridized carbons (Fsp3) is 0.250. The molecule has 1 amide bonds. The molecular formula is C20H22N4O. The van der Waals surface area contributed by atoms with Crippen LogP contribution in [-0.2, 0) is 11.2 Å². The topological polar surface area (TPSA) is 58.8 Å². The van der Waals surface area contributed by atoms with E-state index < -0.39 is 0 Å². The normalized spacial score (nSPS) is 10.7. The van der Waals surface area contributed by atoms with Crippen molar-refractivity contribution in [1.29, 1.82) is 0 Å². The molecular weight excluding hydrogens is 312 g/mol. The first-order chi connectivity index (χ1) is 11.9. The number of hydrogen-bond donors (Lipinski definition) is 1. The molecule has 0 saturated heterocycles. The number of hydrogen-bond acceptors (Lipinski definition) is 3. The number of carbonyl (C=O) groups excluding carboxylic acids is 1. The monoisotopic (exact) mass is 334 g/mol. The van der Waals surface area contributed by atoms with Crippen LogP contribution in [0, 0.1) is 13.8 Å². The highest BCUT2D eigenvalue weighted by molar-refractivity contribution is 5.84. The van der Waals surface area contributed by atoms with Gasteiger partial charge in [0, 0.05) is 17.5 Å². The molecule has 0 saturated carbocycles. The molecule has 25 heavy (non-hydrogen) atoms. The molecule has 1 N–H and O–H groups in total. The van der Waals surface area contributed by atoms with Gasteiger partial charge in [-0.2, -0.15) is 5.10 Å². The van der Waals surface area contributed by atoms with Gasteiger partial charge in [0.15, 0.2) is 0 Å². The Morgan fingerprint density at radius 1 is 1.08 bits per heavy atom. The maximum Gasteiger partial charge on any atom is 0.246 e. The molecule has 0 atom stereocenters. The van der Waals surface area contributed by atoms with Gasteiger partial charge in [-0.15, -0.1) is 0 Å². The zero-order valence-electron chi connectivity index (χ0n) is 15.0. The van der Waals surface area contributed by atoms with Crippen LogP contribution in [0.25, 0.3) is 16.9 Å². The summed E-state index contributed by atoms with van der Waals surface area (Å²) in [6.45, 7) is 7.76. The number of imidazole rings is 1. The zero-order chi connectivity index (χ0) is 18.0. The van der Waals surface area contributed by atoms with Crippen LogP contribution < -0.4 is 5.43 Å². The molecule has 5 nitrogen and oxygen atoms in total. The first kappa shape index (κ1) is 16.9. The van der Waals surface area contributed by atoms with Crippen LogP contribution in [0.1, 0.15) is 30.7 Å². The molecule has 128 valence electrons. The van der Waals surface area contributed by atoms with Gasteiger partial charge in [-0.3, -0.25) is 4.79 Å². The molecule has 0 aliphatic heterocycles. The maximum absolute atomic E-state index is 12.3. The second-order valence-electron chi connectivity index (χ2n) is 6.48. The summed E-state index contributed by atoms with van der Waals surface area (Å²) in [6, 6.07) is 12.2. The van der Waals surface area contributed by atoms with E-state index in [1.54, 1.807) is 0 Å². The Labute approximate surface area is 147 Å². The summed E-state index contributed by atoms with van der Waals surface area (Å²) in [5.41, 5.74) is 9.24. The van der Waals surface area contributed by atoms with Crippen LogP contribution in [0.3, 0.4) is 0 Å². The van der Waals surface area contributed by atoms with Crippen LogP contribution in [0.4, 0.5) is 0 Å². The lowest BCUT2D eigenvalue weighted by Gasteiger charge is -2.06. The van der Waals surface area contributed by atoms with Gasteiger partial charge in [-0.1, -0.05) is 35.9 Å². The van der Waals surface area contributed by atoms with Gasteiger partial charge in [0.05, 0.1) is 17.8 Å². The van der Waals surface area contributed by atoms with E-state index in [0.29, 0.717) is 0 Å². The molecule has 0 unspecified atom stereocenters. The van der Waals surface area contributed by atoms with E-state index >= 15 is 0 Å². The van der Waals surface area contributed by atoms with E-state index in [0.717, 1.165) is 33.9 Å². The predicted molar refractivity (Wildman–Crippen MR) is 101 cm³/mol. The molecule has 0 fully saturated rings. The Bertz CT molecular complexity index is 948. The van der Waals surface area contributed by atoms with E-state index in [2.05, 4.69) is 29.6 Å². The van der Waals surface area contributed by atoms with Crippen LogP contribution in [0.2, 0.25) is 0 Å². The number of nitrogens with zero attached hydrogens (tertiary/aromatic N) is 3. The quantitative estimate of drug-likeness (QED) is 0.584. The van der Waals surface area contributed by atoms with Crippen LogP contribution in [0.5, 0.6) is 0 Å². The Morgan fingerprint density at radius 3 is 2.44 bits per heavy atom. The largest absolute Gasteiger partial charge is 0.303 e. The number of fused-ring (bicyclic) bond motifs is 1. The number of aromatic nitrogens is 2. The van der Waals surface area contributed by atoms with E-state index in [1.807, 2.05) is 55.6 Å². The third kappa shape index (κ3) is 3.76. The molecule has 0 aliphatic carbocycles. The van der Waals surface area contributed by atoms with Crippen molar-refractivity contribution < 1.29 is 4.79 Å². The first-order valence-electron chi connectivity index (χ1n) is 8.28. The molecule has 0 aliphatic rings. The Hall–Kier alpha value is -2.95. The second kappa shape index (κ2) is 6.89. The highest BCUT2D eigenvalue weighted by Gasteiger charge is 2.17. The minimum Gasteiger partial charge on any atom is -0.303 e. The minimum absolute atomic E-state index is 0.155. The molecule has 3 aromatic rings. The summed E-state index contributed by atoms with van der Waals surface area (Å²) >= 11 is 0. The molecule has 2 aromatic heterocycles. The van der Waals surface area contributed by atoms with Crippen molar-refractivity contribution in [2.45, 2.75) is 34.1 Å². The van der Waals surface area contributed by atoms with Crippen LogP contribution in [-0.4, -0.2) is 21.0 Å². The van der Waals surface area contributed by atoms with E-state index in [9.17, 15) is 4.79 Å². The summed E-state index contributed by atoms with van der Waals surface area (Å²) in [4.78, 5) is 17.1. The summed E-state index contributed by atoms with van der Waals surface area (Å²) in [5.74, 6) is -0.155. The third-order valence-corrected chi connectivity index (χ3v) is 3.92. The Morgan fingerprint density at radius 2 is 1.76 bits per heavy atom. The van der Waals surface area contributed by atoms with Crippen molar-refractivity contribution in [3.05, 3.63) is 59.4 Å². The highest BCUT2D eigenvalue weighted by Crippen LogP contribution is 2.25. The lowest BCUT2D eigenvalue weighted by atomic mass is 10.1. The van der Waals surface area contributed by atoms with Gasteiger partial charge in [0.25, 0.3) is 0 Å². The second-order valence-corrected chi connectivity index (χ2v) is 6.48. The number of aryl methyl sites for hydroxylation is 2. The van der Waals surface area contributed by atoms with Crippen LogP contribution >= 0.6 is 0 Å². The van der Waals surface area contributed by atoms with Gasteiger partial charge in [-0.05, 0) is 39.3 Å². The fourth-order valence-electron chi connectivity index (χ4n) is 2.68. The molecule has 0 bridgehead atoms. The standard InChI is InChI=1S/C20H22N4O/c1-13(2)22-23-19(25)11-17-20(16-8-5-14(3)6-9-16)21-18-10-7-15(4)12-24(17)18/h5-10,12H,11H2,1-4H3,(H,23,25). The van der Waals surface area contributed by atoms with Gasteiger partial charge in [0.1, 0.15) is 5.65 Å². The number of carbonyl (C=O) groups is 1. The van der Waals surface area contributed by atoms with Gasteiger partial charge in [0.2, 0.25) is 5.91 Å². The van der Waals surface area contributed by atoms with Crippen molar-refractivity contribution >= 4 is 17.3 Å². The Kier molecular flexibility index (Phi) is 4.65. The number of pyridine rings is 1. The average Bonchev–Trinajstić information content (AvgIpc) is 2.91. The van der Waals surface area contributed by atoms with Gasteiger partial charge in [-0.25, -0.2) is 10.4 Å². The molecule has 0 spiro atoms.